The van der Waals surface area contributed by atoms with Gasteiger partial charge in [0.15, 0.2) is 0 Å². The molecule has 0 atom stereocenters. The number of alkyl carbamates (subject to hydrolysis) is 1. The Morgan fingerprint density at radius 3 is 0.505 bits per heavy atom. The van der Waals surface area contributed by atoms with Crippen molar-refractivity contribution in [1.29, 1.82) is 0 Å². The van der Waals surface area contributed by atoms with Crippen molar-refractivity contribution in [2.45, 2.75) is 473 Å². The Kier molecular flexibility index (Phi) is 507. The second-order valence-electron chi connectivity index (χ2n) is 14.7. The molecule has 0 bridgehead atoms. The summed E-state index contributed by atoms with van der Waals surface area (Å²) in [6, 6.07) is 0. The van der Waals surface area contributed by atoms with Crippen LogP contribution >= 0.6 is 35.3 Å². The number of nitrogens with one attached hydrogen (secondary N) is 2. The highest BCUT2D eigenvalue weighted by molar-refractivity contribution is 8.06. The van der Waals surface area contributed by atoms with Crippen LogP contribution in [0.15, 0.2) is 12.2 Å². The highest BCUT2D eigenvalue weighted by atomic mass is 32.2. The summed E-state index contributed by atoms with van der Waals surface area (Å²) in [6.45, 7) is 97.8. The van der Waals surface area contributed by atoms with Gasteiger partial charge in [-0.25, -0.2) is 4.79 Å². The van der Waals surface area contributed by atoms with Gasteiger partial charge in [0, 0.05) is 80.6 Å². The van der Waals surface area contributed by atoms with E-state index in [9.17, 15) is 4.79 Å². The molecule has 11 aliphatic rings. The van der Waals surface area contributed by atoms with E-state index < -0.39 is 0 Å². The van der Waals surface area contributed by atoms with Crippen molar-refractivity contribution in [1.82, 2.24) is 10.6 Å². The normalized spacial score (nSPS) is 14.0. The van der Waals surface area contributed by atoms with Gasteiger partial charge in [0.25, 0.3) is 0 Å². The Bertz CT molecular complexity index is 615. The first-order chi connectivity index (χ1) is 48.9. The van der Waals surface area contributed by atoms with Gasteiger partial charge in [-0.1, -0.05) is 440 Å². The standard InChI is InChI=1S/C6H12.C5H10.C5H8.C4H7NO2.C4H9NS.C4H8O.C4H8S2.C4H8.C3H6O.C3H6.C2H4O.22C2H6.CH4/c1-2-4-6-5-3-1;2*1-2-4-5-3-1;6-4-5-2-1-3-7-4;1-3-6-4-2-5-1;1-2-4-5-3-1;1-2-6-4-3-5-1;2*1-2-4-3-1;2*1-2-3-1;22*1-2;/h1-6H2;1-5H2;1-2H,3-5H2;1-3H2,(H,5,6);5H,1-4H2;1-4H2;1-4H2;1-4H2;1-3H2;1-3H2;1-2H2;22*1-2H3;1H4. The summed E-state index contributed by atoms with van der Waals surface area (Å²) >= 11 is 6.18. The summed E-state index contributed by atoms with van der Waals surface area (Å²) in [6.07, 6.45) is 40.0. The first kappa shape index (κ1) is 165. The molecule has 0 radical (unpaired) electrons. The molecular formula is C89H222N2O5S3. The molecule has 5 aliphatic carbocycles. The van der Waals surface area contributed by atoms with Crippen LogP contribution in [0.4, 0.5) is 4.79 Å². The zero-order valence-electron chi connectivity index (χ0n) is 78.9. The third kappa shape index (κ3) is 348. The van der Waals surface area contributed by atoms with Crippen LogP contribution in [-0.4, -0.2) is 106 Å². The number of allylic oxidation sites excluding steroid dienone is 2. The molecule has 0 aromatic heterocycles. The molecule has 0 aromatic carbocycles. The summed E-state index contributed by atoms with van der Waals surface area (Å²) in [4.78, 5) is 10.1. The van der Waals surface area contributed by atoms with Crippen molar-refractivity contribution in [2.24, 2.45) is 0 Å². The molecule has 6 saturated heterocycles. The molecule has 6 aliphatic heterocycles. The third-order valence-electron chi connectivity index (χ3n) is 9.03. The maximum atomic E-state index is 10.1. The average Bonchev–Trinajstić information content (AvgIpc) is 4.71. The number of amides is 1. The van der Waals surface area contributed by atoms with Crippen molar-refractivity contribution >= 4 is 41.4 Å². The van der Waals surface area contributed by atoms with E-state index in [0.717, 1.165) is 52.6 Å². The van der Waals surface area contributed by atoms with Crippen LogP contribution < -0.4 is 10.6 Å². The topological polar surface area (TPSA) is 81.3 Å². The van der Waals surface area contributed by atoms with Crippen molar-refractivity contribution in [3.05, 3.63) is 12.2 Å². The predicted octanol–water partition coefficient (Wildman–Crippen LogP) is 35.1. The van der Waals surface area contributed by atoms with E-state index in [2.05, 4.69) is 55.8 Å². The number of hydrogen-bond donors (Lipinski definition) is 2. The monoisotopic (exact) mass is 1500 g/mol. The van der Waals surface area contributed by atoms with Crippen LogP contribution in [0.5, 0.6) is 0 Å². The van der Waals surface area contributed by atoms with Gasteiger partial charge in [-0.2, -0.15) is 35.3 Å². The van der Waals surface area contributed by atoms with E-state index in [1.807, 2.05) is 316 Å². The number of hydrogen-bond acceptors (Lipinski definition) is 9. The highest BCUT2D eigenvalue weighted by Crippen LogP contribution is 2.17. The van der Waals surface area contributed by atoms with Crippen LogP contribution in [0.1, 0.15) is 473 Å². The minimum absolute atomic E-state index is 0. The molecule has 99 heavy (non-hydrogen) atoms. The predicted molar refractivity (Wildman–Crippen MR) is 498 cm³/mol. The molecule has 636 valence electrons. The van der Waals surface area contributed by atoms with Crippen LogP contribution in [-0.2, 0) is 18.9 Å². The van der Waals surface area contributed by atoms with Gasteiger partial charge in [-0.15, -0.1) is 0 Å². The molecule has 4 saturated carbocycles. The minimum atomic E-state index is -0.286. The zero-order chi connectivity index (χ0) is 82.3. The van der Waals surface area contributed by atoms with E-state index >= 15 is 0 Å². The second kappa shape index (κ2) is 305. The van der Waals surface area contributed by atoms with E-state index in [4.69, 9.17) is 9.47 Å². The van der Waals surface area contributed by atoms with Crippen molar-refractivity contribution in [3.8, 4) is 0 Å². The second-order valence-corrected chi connectivity index (χ2v) is 18.3. The first-order valence-electron chi connectivity index (χ1n) is 44.6. The summed E-state index contributed by atoms with van der Waals surface area (Å²) in [7, 11) is 0. The fraction of sp³-hybridized carbons (Fsp3) is 0.966. The lowest BCUT2D eigenvalue weighted by Crippen LogP contribution is -2.31. The summed E-state index contributed by atoms with van der Waals surface area (Å²) in [5, 5.41) is 5.78. The molecule has 0 aromatic rings. The maximum Gasteiger partial charge on any atom is 0.407 e. The molecule has 10 fully saturated rings. The van der Waals surface area contributed by atoms with Gasteiger partial charge in [-0.05, 0) is 44.9 Å². The molecule has 1 amide bonds. The van der Waals surface area contributed by atoms with E-state index in [0.29, 0.717) is 6.61 Å². The van der Waals surface area contributed by atoms with E-state index in [1.54, 1.807) is 0 Å². The zero-order valence-corrected chi connectivity index (χ0v) is 81.4. The van der Waals surface area contributed by atoms with Gasteiger partial charge in [-0.3, -0.25) is 0 Å². The molecule has 11 rings (SSSR count). The Balaban J connectivity index is -0.0000000291. The van der Waals surface area contributed by atoms with Crippen LogP contribution in [0, 0.1) is 0 Å². The van der Waals surface area contributed by atoms with Crippen LogP contribution in [0.3, 0.4) is 0 Å². The SMILES string of the molecule is C.C1=CCCC1.C1CC1.C1CCC1.C1CCCC1.C1CCCCC1.C1CCOC1.C1CO1.C1COC1.C1CSCCN1.C1CSCCS1.CC.CC.CC.CC.CC.CC.CC.CC.CC.CC.CC.CC.CC.CC.CC.CC.CC.CC.CC.CC.CC.CC.O=C1NCCCO1. The maximum absolute atomic E-state index is 10.1. The van der Waals surface area contributed by atoms with E-state index in [-0.39, 0.29) is 13.5 Å². The highest BCUT2D eigenvalue weighted by Gasteiger charge is 2.05. The molecule has 7 nitrogen and oxygen atoms in total. The fourth-order valence-corrected chi connectivity index (χ4v) is 7.95. The Hall–Kier alpha value is -0.100. The van der Waals surface area contributed by atoms with Gasteiger partial charge >= 0.3 is 6.09 Å². The Morgan fingerprint density at radius 1 is 0.232 bits per heavy atom. The number of carbonyl (C=O) groups is 1. The van der Waals surface area contributed by atoms with E-state index in [1.165, 1.54) is 202 Å². The Labute approximate surface area is 656 Å². The lowest BCUT2D eigenvalue weighted by molar-refractivity contribution is 0.0367. The lowest BCUT2D eigenvalue weighted by atomic mass is 10.0. The fourth-order valence-electron chi connectivity index (χ4n) is 4.87. The number of rotatable bonds is 0. The summed E-state index contributed by atoms with van der Waals surface area (Å²) in [5.41, 5.74) is 0. The van der Waals surface area contributed by atoms with Gasteiger partial charge in [0.05, 0.1) is 19.8 Å². The number of ether oxygens (including phenoxy) is 4. The third-order valence-corrected chi connectivity index (χ3v) is 12.5. The molecule has 0 unspecified atom stereocenters. The number of cyclic esters (lactones) is 1. The summed E-state index contributed by atoms with van der Waals surface area (Å²) < 4.78 is 18.7. The van der Waals surface area contributed by atoms with Crippen molar-refractivity contribution in [3.63, 3.8) is 0 Å². The smallest absolute Gasteiger partial charge is 0.407 e. The minimum Gasteiger partial charge on any atom is -0.449 e. The van der Waals surface area contributed by atoms with Crippen LogP contribution in [0.2, 0.25) is 0 Å². The number of carbonyl (C=O) groups excluding carboxylic acids is 1. The average molecular weight is 1500 g/mol. The molecule has 6 heterocycles. The molecule has 10 heteroatoms. The van der Waals surface area contributed by atoms with Gasteiger partial charge < -0.3 is 29.6 Å². The molecular weight excluding hydrogens is 1270 g/mol. The van der Waals surface area contributed by atoms with Gasteiger partial charge in [0.1, 0.15) is 0 Å². The lowest BCUT2D eigenvalue weighted by Gasteiger charge is -2.10. The van der Waals surface area contributed by atoms with Gasteiger partial charge in [0.2, 0.25) is 0 Å². The van der Waals surface area contributed by atoms with Crippen LogP contribution in [0.25, 0.3) is 0 Å². The Morgan fingerprint density at radius 2 is 0.434 bits per heavy atom. The molecule has 0 spiro atoms. The number of thioether (sulfide) groups is 3. The van der Waals surface area contributed by atoms with Crippen molar-refractivity contribution in [2.75, 3.05) is 100 Å². The first-order valence-corrected chi connectivity index (χ1v) is 48.1. The molecule has 2 N–H and O–H groups in total. The largest absolute Gasteiger partial charge is 0.449 e. The number of epoxide rings is 1. The van der Waals surface area contributed by atoms with Crippen molar-refractivity contribution < 1.29 is 23.7 Å². The summed E-state index contributed by atoms with van der Waals surface area (Å²) in [5.74, 6) is 8.13. The quantitative estimate of drug-likeness (QED) is 0.182.